The van der Waals surface area contributed by atoms with Crippen molar-refractivity contribution in [2.45, 2.75) is 77.0 Å². The molecule has 4 nitrogen and oxygen atoms in total. The van der Waals surface area contributed by atoms with Crippen LogP contribution in [0.15, 0.2) is 0 Å². The summed E-state index contributed by atoms with van der Waals surface area (Å²) in [5.74, 6) is 2.42. The van der Waals surface area contributed by atoms with Crippen LogP contribution in [0.1, 0.15) is 72.1 Å². The molecule has 142 valence electrons. The highest BCUT2D eigenvalue weighted by atomic mass is 32.2. The average molecular weight is 367 g/mol. The fourth-order valence-corrected chi connectivity index (χ4v) is 6.14. The van der Waals surface area contributed by atoms with E-state index in [1.807, 2.05) is 37.4 Å². The summed E-state index contributed by atoms with van der Waals surface area (Å²) in [5.41, 5.74) is -0.315. The maximum Gasteiger partial charge on any atom is 0.227 e. The van der Waals surface area contributed by atoms with Gasteiger partial charge in [0, 0.05) is 37.2 Å². The van der Waals surface area contributed by atoms with Crippen LogP contribution in [0.2, 0.25) is 0 Å². The number of thioether (sulfide) groups is 1. The SMILES string of the molecule is CC(C)(C)C(=O)N1CCC2(CC1)SCCN2C(=O)CCC1CCCC1. The Hall–Kier alpha value is -0.710. The standard InChI is InChI=1S/C20H34N2O2S/c1-19(2,3)18(24)21-12-10-20(11-13-21)22(14-15-25-20)17(23)9-8-16-6-4-5-7-16/h16H,4-15H2,1-3H3. The highest BCUT2D eigenvalue weighted by molar-refractivity contribution is 8.00. The van der Waals surface area contributed by atoms with Crippen LogP contribution in [0.5, 0.6) is 0 Å². The highest BCUT2D eigenvalue weighted by Gasteiger charge is 2.47. The molecular weight excluding hydrogens is 332 g/mol. The van der Waals surface area contributed by atoms with E-state index in [1.165, 1.54) is 25.7 Å². The number of carbonyl (C=O) groups is 2. The summed E-state index contributed by atoms with van der Waals surface area (Å²) in [6, 6.07) is 0. The van der Waals surface area contributed by atoms with Crippen LogP contribution < -0.4 is 0 Å². The average Bonchev–Trinajstić information content (AvgIpc) is 3.22. The number of nitrogens with zero attached hydrogens (tertiary/aromatic N) is 2. The molecule has 5 heteroatoms. The van der Waals surface area contributed by atoms with Crippen molar-refractivity contribution in [3.8, 4) is 0 Å². The van der Waals surface area contributed by atoms with Gasteiger partial charge in [-0.2, -0.15) is 0 Å². The first kappa shape index (κ1) is 19.1. The van der Waals surface area contributed by atoms with Gasteiger partial charge in [0.1, 0.15) is 0 Å². The topological polar surface area (TPSA) is 40.6 Å². The van der Waals surface area contributed by atoms with Crippen molar-refractivity contribution >= 4 is 23.6 Å². The van der Waals surface area contributed by atoms with E-state index >= 15 is 0 Å². The van der Waals surface area contributed by atoms with Gasteiger partial charge in [0.05, 0.1) is 4.87 Å². The maximum atomic E-state index is 12.9. The van der Waals surface area contributed by atoms with E-state index in [-0.39, 0.29) is 16.2 Å². The molecule has 1 spiro atoms. The Kier molecular flexibility index (Phi) is 5.72. The first-order chi connectivity index (χ1) is 11.8. The minimum Gasteiger partial charge on any atom is -0.342 e. The second-order valence-corrected chi connectivity index (χ2v) is 10.5. The second kappa shape index (κ2) is 7.50. The van der Waals surface area contributed by atoms with Crippen LogP contribution in [-0.2, 0) is 9.59 Å². The molecule has 0 atom stereocenters. The molecule has 2 aliphatic heterocycles. The molecule has 2 saturated heterocycles. The van der Waals surface area contributed by atoms with Gasteiger partial charge in [-0.25, -0.2) is 0 Å². The van der Waals surface area contributed by atoms with Gasteiger partial charge >= 0.3 is 0 Å². The molecule has 0 radical (unpaired) electrons. The first-order valence-electron chi connectivity index (χ1n) is 10.1. The fourth-order valence-electron chi connectivity index (χ4n) is 4.67. The van der Waals surface area contributed by atoms with E-state index in [0.717, 1.165) is 57.0 Å². The molecule has 0 N–H and O–H groups in total. The Bertz CT molecular complexity index is 500. The number of hydrogen-bond acceptors (Lipinski definition) is 3. The Labute approximate surface area is 157 Å². The molecule has 2 heterocycles. The third kappa shape index (κ3) is 4.17. The minimum atomic E-state index is -0.315. The van der Waals surface area contributed by atoms with E-state index in [9.17, 15) is 9.59 Å². The lowest BCUT2D eigenvalue weighted by atomic mass is 9.92. The Morgan fingerprint density at radius 1 is 1.08 bits per heavy atom. The normalized spacial score (nSPS) is 24.3. The van der Waals surface area contributed by atoms with E-state index in [0.29, 0.717) is 5.91 Å². The molecule has 3 rings (SSSR count). The first-order valence-corrected chi connectivity index (χ1v) is 11.0. The van der Waals surface area contributed by atoms with E-state index in [4.69, 9.17) is 0 Å². The summed E-state index contributed by atoms with van der Waals surface area (Å²) in [6.07, 6.45) is 8.97. The second-order valence-electron chi connectivity index (χ2n) is 9.07. The molecule has 2 amide bonds. The third-order valence-electron chi connectivity index (χ3n) is 6.19. The summed E-state index contributed by atoms with van der Waals surface area (Å²) >= 11 is 1.95. The quantitative estimate of drug-likeness (QED) is 0.761. The highest BCUT2D eigenvalue weighted by Crippen LogP contribution is 2.45. The summed E-state index contributed by atoms with van der Waals surface area (Å²) in [6.45, 7) is 8.43. The molecule has 0 aromatic rings. The molecular formula is C20H34N2O2S. The monoisotopic (exact) mass is 366 g/mol. The van der Waals surface area contributed by atoms with Gasteiger partial charge in [0.15, 0.2) is 0 Å². The zero-order chi connectivity index (χ0) is 18.1. The number of piperidine rings is 1. The van der Waals surface area contributed by atoms with Crippen LogP contribution >= 0.6 is 11.8 Å². The Morgan fingerprint density at radius 3 is 2.32 bits per heavy atom. The van der Waals surface area contributed by atoms with Crippen LogP contribution in [0.4, 0.5) is 0 Å². The molecule has 3 fully saturated rings. The Balaban J connectivity index is 1.56. The molecule has 1 aliphatic carbocycles. The van der Waals surface area contributed by atoms with Crippen LogP contribution in [0, 0.1) is 11.3 Å². The van der Waals surface area contributed by atoms with Gasteiger partial charge in [-0.15, -0.1) is 11.8 Å². The van der Waals surface area contributed by atoms with Gasteiger partial charge in [-0.1, -0.05) is 46.5 Å². The molecule has 0 unspecified atom stereocenters. The number of rotatable bonds is 3. The zero-order valence-corrected chi connectivity index (χ0v) is 17.0. The summed E-state index contributed by atoms with van der Waals surface area (Å²) < 4.78 is 0. The lowest BCUT2D eigenvalue weighted by Crippen LogP contribution is -2.55. The van der Waals surface area contributed by atoms with Crippen molar-refractivity contribution in [2.24, 2.45) is 11.3 Å². The molecule has 0 aromatic carbocycles. The van der Waals surface area contributed by atoms with Crippen LogP contribution in [0.3, 0.4) is 0 Å². The van der Waals surface area contributed by atoms with Crippen molar-refractivity contribution in [1.82, 2.24) is 9.80 Å². The van der Waals surface area contributed by atoms with Crippen LogP contribution in [-0.4, -0.2) is 51.9 Å². The van der Waals surface area contributed by atoms with Crippen molar-refractivity contribution in [3.63, 3.8) is 0 Å². The molecule has 0 bridgehead atoms. The lowest BCUT2D eigenvalue weighted by molar-refractivity contribution is -0.142. The van der Waals surface area contributed by atoms with Crippen LogP contribution in [0.25, 0.3) is 0 Å². The van der Waals surface area contributed by atoms with Gasteiger partial charge in [-0.05, 0) is 25.2 Å². The number of carbonyl (C=O) groups excluding carboxylic acids is 2. The number of amides is 2. The summed E-state index contributed by atoms with van der Waals surface area (Å²) in [7, 11) is 0. The van der Waals surface area contributed by atoms with Gasteiger partial charge in [0.25, 0.3) is 0 Å². The van der Waals surface area contributed by atoms with Gasteiger partial charge < -0.3 is 9.80 Å². The van der Waals surface area contributed by atoms with Gasteiger partial charge in [-0.3, -0.25) is 9.59 Å². The van der Waals surface area contributed by atoms with Crippen molar-refractivity contribution in [2.75, 3.05) is 25.4 Å². The third-order valence-corrected chi connectivity index (χ3v) is 7.75. The fraction of sp³-hybridized carbons (Fsp3) is 0.900. The van der Waals surface area contributed by atoms with Crippen molar-refractivity contribution < 1.29 is 9.59 Å². The van der Waals surface area contributed by atoms with Crippen molar-refractivity contribution in [1.29, 1.82) is 0 Å². The van der Waals surface area contributed by atoms with E-state index < -0.39 is 0 Å². The van der Waals surface area contributed by atoms with E-state index in [2.05, 4.69) is 4.90 Å². The predicted molar refractivity (Wildman–Crippen MR) is 103 cm³/mol. The zero-order valence-electron chi connectivity index (χ0n) is 16.2. The molecule has 1 saturated carbocycles. The predicted octanol–water partition coefficient (Wildman–Crippen LogP) is 3.90. The lowest BCUT2D eigenvalue weighted by Gasteiger charge is -2.45. The van der Waals surface area contributed by atoms with E-state index in [1.54, 1.807) is 0 Å². The number of likely N-dealkylation sites (tertiary alicyclic amines) is 1. The summed E-state index contributed by atoms with van der Waals surface area (Å²) in [5, 5.41) is 0. The molecule has 0 aromatic heterocycles. The summed E-state index contributed by atoms with van der Waals surface area (Å²) in [4.78, 5) is 29.5. The number of hydrogen-bond donors (Lipinski definition) is 0. The Morgan fingerprint density at radius 2 is 1.72 bits per heavy atom. The van der Waals surface area contributed by atoms with Crippen molar-refractivity contribution in [3.05, 3.63) is 0 Å². The van der Waals surface area contributed by atoms with Gasteiger partial charge in [0.2, 0.25) is 11.8 Å². The largest absolute Gasteiger partial charge is 0.342 e. The smallest absolute Gasteiger partial charge is 0.227 e. The molecule has 3 aliphatic rings. The minimum absolute atomic E-state index is 0.0403. The molecule has 25 heavy (non-hydrogen) atoms. The maximum absolute atomic E-state index is 12.9.